The summed E-state index contributed by atoms with van der Waals surface area (Å²) < 4.78 is 7.64. The molecule has 0 amide bonds. The van der Waals surface area contributed by atoms with Crippen LogP contribution in [0.2, 0.25) is 0 Å². The number of thiophene rings is 2. The highest BCUT2D eigenvalue weighted by Gasteiger charge is 2.26. The highest BCUT2D eigenvalue weighted by Crippen LogP contribution is 2.45. The molecule has 6 heteroatoms. The van der Waals surface area contributed by atoms with Gasteiger partial charge in [-0.15, -0.1) is 22.7 Å². The zero-order valence-corrected chi connectivity index (χ0v) is 32.3. The normalized spacial score (nSPS) is 15.9. The van der Waals surface area contributed by atoms with E-state index in [9.17, 15) is 0 Å². The Hall–Kier alpha value is -6.57. The van der Waals surface area contributed by atoms with Gasteiger partial charge in [0.2, 0.25) is 0 Å². The van der Waals surface area contributed by atoms with Gasteiger partial charge in [-0.2, -0.15) is 0 Å². The quantitative estimate of drug-likeness (QED) is 0.183. The Morgan fingerprint density at radius 2 is 1.19 bits per heavy atom. The molecule has 0 fully saturated rings. The number of nitrogens with one attached hydrogen (secondary N) is 2. The smallest absolute Gasteiger partial charge is 0.131 e. The van der Waals surface area contributed by atoms with Crippen LogP contribution < -0.4 is 10.6 Å². The van der Waals surface area contributed by atoms with Gasteiger partial charge in [-0.1, -0.05) is 140 Å². The molecule has 57 heavy (non-hydrogen) atoms. The first-order valence-corrected chi connectivity index (χ1v) is 21.0. The number of rotatable bonds is 5. The van der Waals surface area contributed by atoms with E-state index in [1.165, 1.54) is 84.5 Å². The third-order valence-electron chi connectivity index (χ3n) is 11.5. The molecule has 12 rings (SSSR count). The van der Waals surface area contributed by atoms with E-state index in [0.717, 1.165) is 17.0 Å². The summed E-state index contributed by atoms with van der Waals surface area (Å²) in [5, 5.41) is 15.2. The Morgan fingerprint density at radius 3 is 2.00 bits per heavy atom. The van der Waals surface area contributed by atoms with Crippen LogP contribution in [0.1, 0.15) is 29.0 Å². The molecule has 1 aliphatic heterocycles. The Morgan fingerprint density at radius 1 is 0.474 bits per heavy atom. The van der Waals surface area contributed by atoms with Crippen molar-refractivity contribution in [2.45, 2.75) is 12.3 Å². The van der Waals surface area contributed by atoms with E-state index in [1.807, 2.05) is 28.7 Å². The number of hydrogen-bond acceptors (Lipinski definition) is 5. The third-order valence-corrected chi connectivity index (χ3v) is 13.8. The van der Waals surface area contributed by atoms with Crippen molar-refractivity contribution in [1.82, 2.24) is 15.2 Å². The molecule has 2 unspecified atom stereocenters. The highest BCUT2D eigenvalue weighted by atomic mass is 32.1. The minimum Gasteiger partial charge on any atom is -0.350 e. The molecule has 3 aromatic heterocycles. The van der Waals surface area contributed by atoms with Crippen LogP contribution in [0, 0.1) is 0 Å². The summed E-state index contributed by atoms with van der Waals surface area (Å²) in [7, 11) is 0. The average Bonchev–Trinajstić information content (AvgIpc) is 3.96. The summed E-state index contributed by atoms with van der Waals surface area (Å²) in [6, 6.07) is 66.0. The van der Waals surface area contributed by atoms with Crippen molar-refractivity contribution < 1.29 is 0 Å². The SMILES string of the molecule is c1ccc(C2=NC(c3ccccc3)NC(c3ccc4sc5cc(-c6cccc7sc8c(-n9c%10ccccc%10c%10ccccc%109)cccc8c67)ccc5c4c3)N2)cc1. The van der Waals surface area contributed by atoms with Crippen LogP contribution >= 0.6 is 22.7 Å². The summed E-state index contributed by atoms with van der Waals surface area (Å²) in [5.41, 5.74) is 9.62. The van der Waals surface area contributed by atoms with Crippen molar-refractivity contribution in [2.75, 3.05) is 0 Å². The largest absolute Gasteiger partial charge is 0.350 e. The fourth-order valence-electron chi connectivity index (χ4n) is 8.85. The first-order valence-electron chi connectivity index (χ1n) is 19.4. The Balaban J connectivity index is 0.952. The monoisotopic (exact) mass is 766 g/mol. The van der Waals surface area contributed by atoms with Gasteiger partial charge in [0.1, 0.15) is 18.2 Å². The van der Waals surface area contributed by atoms with Crippen molar-refractivity contribution in [3.05, 3.63) is 199 Å². The first-order chi connectivity index (χ1) is 28.2. The van der Waals surface area contributed by atoms with Crippen molar-refractivity contribution in [2.24, 2.45) is 4.99 Å². The van der Waals surface area contributed by atoms with Gasteiger partial charge in [-0.05, 0) is 64.7 Å². The number of amidine groups is 1. The van der Waals surface area contributed by atoms with E-state index in [-0.39, 0.29) is 12.3 Å². The fraction of sp³-hybridized carbons (Fsp3) is 0.0392. The molecular weight excluding hydrogens is 733 g/mol. The molecule has 8 aromatic carbocycles. The molecule has 4 heterocycles. The van der Waals surface area contributed by atoms with Gasteiger partial charge < -0.3 is 9.88 Å². The van der Waals surface area contributed by atoms with Crippen molar-refractivity contribution >= 4 is 90.7 Å². The highest BCUT2D eigenvalue weighted by molar-refractivity contribution is 7.26. The lowest BCUT2D eigenvalue weighted by molar-refractivity contribution is 0.409. The second-order valence-corrected chi connectivity index (χ2v) is 16.9. The lowest BCUT2D eigenvalue weighted by Gasteiger charge is -2.32. The second-order valence-electron chi connectivity index (χ2n) is 14.8. The lowest BCUT2D eigenvalue weighted by Crippen LogP contribution is -2.44. The third kappa shape index (κ3) is 5.26. The maximum atomic E-state index is 5.11. The number of aliphatic imine (C=N–C) groups is 1. The van der Waals surface area contributed by atoms with Crippen LogP contribution in [0.15, 0.2) is 187 Å². The molecule has 0 radical (unpaired) electrons. The molecule has 1 aliphatic rings. The van der Waals surface area contributed by atoms with Gasteiger partial charge in [-0.25, -0.2) is 4.99 Å². The van der Waals surface area contributed by atoms with Crippen LogP contribution in [0.25, 0.3) is 79.0 Å². The average molecular weight is 767 g/mol. The van der Waals surface area contributed by atoms with Crippen molar-refractivity contribution in [3.63, 3.8) is 0 Å². The molecule has 11 aromatic rings. The molecule has 270 valence electrons. The van der Waals surface area contributed by atoms with E-state index < -0.39 is 0 Å². The number of hydrogen-bond donors (Lipinski definition) is 2. The van der Waals surface area contributed by atoms with E-state index in [1.54, 1.807) is 0 Å². The standard InChI is InChI=1S/C51H34N4S2/c1-3-13-31(14-4-1)49-52-50(32-15-5-2-6-16-32)54-51(53-49)34-26-28-44-40(29-34)38-27-25-33(30-46(38)56-44)35-19-12-24-45-47(35)39-20-11-23-43(48(39)57-45)55-41-21-9-7-17-36(41)37-18-8-10-22-42(37)55/h1-30,49,51,53H,(H,52,54). The molecular formula is C51H34N4S2. The number of aromatic nitrogens is 1. The number of benzene rings is 8. The fourth-order valence-corrected chi connectivity index (χ4v) is 11.2. The minimum atomic E-state index is -0.168. The molecule has 4 nitrogen and oxygen atoms in total. The van der Waals surface area contributed by atoms with Crippen LogP contribution in [0.4, 0.5) is 0 Å². The summed E-state index contributed by atoms with van der Waals surface area (Å²) in [6.45, 7) is 0. The van der Waals surface area contributed by atoms with Gasteiger partial charge in [0.15, 0.2) is 0 Å². The molecule has 2 atom stereocenters. The number of fused-ring (bicyclic) bond motifs is 9. The van der Waals surface area contributed by atoms with Gasteiger partial charge >= 0.3 is 0 Å². The Bertz CT molecular complexity index is 3320. The van der Waals surface area contributed by atoms with E-state index >= 15 is 0 Å². The van der Waals surface area contributed by atoms with E-state index in [2.05, 4.69) is 191 Å². The molecule has 0 spiro atoms. The van der Waals surface area contributed by atoms with Crippen LogP contribution in [-0.4, -0.2) is 10.4 Å². The number of para-hydroxylation sites is 2. The van der Waals surface area contributed by atoms with Crippen LogP contribution in [0.3, 0.4) is 0 Å². The molecule has 0 aliphatic carbocycles. The van der Waals surface area contributed by atoms with Crippen molar-refractivity contribution in [3.8, 4) is 16.8 Å². The van der Waals surface area contributed by atoms with Gasteiger partial charge in [0.25, 0.3) is 0 Å². The predicted octanol–water partition coefficient (Wildman–Crippen LogP) is 13.5. The predicted molar refractivity (Wildman–Crippen MR) is 243 cm³/mol. The maximum absolute atomic E-state index is 5.11. The second kappa shape index (κ2) is 13.0. The minimum absolute atomic E-state index is 0.113. The Labute approximate surface area is 337 Å². The summed E-state index contributed by atoms with van der Waals surface area (Å²) >= 11 is 3.76. The Kier molecular flexibility index (Phi) is 7.45. The zero-order valence-electron chi connectivity index (χ0n) is 30.7. The molecule has 0 saturated heterocycles. The number of nitrogens with zero attached hydrogens (tertiary/aromatic N) is 2. The van der Waals surface area contributed by atoms with Crippen LogP contribution in [0.5, 0.6) is 0 Å². The van der Waals surface area contributed by atoms with Crippen LogP contribution in [-0.2, 0) is 0 Å². The summed E-state index contributed by atoms with van der Waals surface area (Å²) in [6.07, 6.45) is -0.280. The first kappa shape index (κ1) is 32.7. The van der Waals surface area contributed by atoms with Crippen molar-refractivity contribution in [1.29, 1.82) is 0 Å². The summed E-state index contributed by atoms with van der Waals surface area (Å²) in [5.74, 6) is 0.894. The molecule has 2 N–H and O–H groups in total. The van der Waals surface area contributed by atoms with E-state index in [0.29, 0.717) is 0 Å². The topological polar surface area (TPSA) is 41.4 Å². The van der Waals surface area contributed by atoms with Gasteiger partial charge in [0, 0.05) is 52.0 Å². The van der Waals surface area contributed by atoms with Gasteiger partial charge in [0.05, 0.1) is 21.4 Å². The lowest BCUT2D eigenvalue weighted by atomic mass is 9.98. The van der Waals surface area contributed by atoms with E-state index in [4.69, 9.17) is 4.99 Å². The summed E-state index contributed by atoms with van der Waals surface area (Å²) in [4.78, 5) is 5.11. The molecule has 0 saturated carbocycles. The van der Waals surface area contributed by atoms with Gasteiger partial charge in [-0.3, -0.25) is 5.32 Å². The molecule has 0 bridgehead atoms. The zero-order chi connectivity index (χ0) is 37.5. The maximum Gasteiger partial charge on any atom is 0.131 e.